The fourth-order valence-electron chi connectivity index (χ4n) is 3.55. The SMILES string of the molecule is Cc1cc(NCc2ccc(-c3ccc(C(=O)Nc4ccccc4N)cc3)s2)cc(C)c1C. The van der Waals surface area contributed by atoms with Gasteiger partial charge in [0.2, 0.25) is 0 Å². The molecule has 0 aliphatic carbocycles. The largest absolute Gasteiger partial charge is 0.397 e. The lowest BCUT2D eigenvalue weighted by molar-refractivity contribution is 0.102. The topological polar surface area (TPSA) is 67.2 Å². The van der Waals surface area contributed by atoms with Gasteiger partial charge in [-0.1, -0.05) is 24.3 Å². The van der Waals surface area contributed by atoms with Gasteiger partial charge >= 0.3 is 0 Å². The molecule has 4 aromatic rings. The summed E-state index contributed by atoms with van der Waals surface area (Å²) >= 11 is 1.76. The van der Waals surface area contributed by atoms with Gasteiger partial charge in [-0.15, -0.1) is 11.3 Å². The van der Waals surface area contributed by atoms with Gasteiger partial charge in [0.1, 0.15) is 0 Å². The number of para-hydroxylation sites is 2. The molecule has 0 spiro atoms. The average molecular weight is 442 g/mol. The Labute approximate surface area is 193 Å². The number of nitrogen functional groups attached to an aromatic ring is 1. The number of carbonyl (C=O) groups is 1. The van der Waals surface area contributed by atoms with Crippen LogP contribution >= 0.6 is 11.3 Å². The summed E-state index contributed by atoms with van der Waals surface area (Å²) in [6.07, 6.45) is 0. The number of nitrogens with two attached hydrogens (primary N) is 1. The van der Waals surface area contributed by atoms with Crippen LogP contribution < -0.4 is 16.4 Å². The van der Waals surface area contributed by atoms with Gasteiger partial charge in [-0.25, -0.2) is 0 Å². The van der Waals surface area contributed by atoms with Crippen LogP contribution in [-0.4, -0.2) is 5.91 Å². The van der Waals surface area contributed by atoms with Crippen LogP contribution in [0.2, 0.25) is 0 Å². The first kappa shape index (κ1) is 21.7. The van der Waals surface area contributed by atoms with E-state index in [0.717, 1.165) is 17.8 Å². The summed E-state index contributed by atoms with van der Waals surface area (Å²) in [5.41, 5.74) is 13.9. The van der Waals surface area contributed by atoms with E-state index in [0.29, 0.717) is 16.9 Å². The third-order valence-corrected chi connectivity index (χ3v) is 6.83. The Balaban J connectivity index is 1.41. The minimum absolute atomic E-state index is 0.172. The number of anilines is 3. The number of rotatable bonds is 6. The van der Waals surface area contributed by atoms with Gasteiger partial charge in [-0.3, -0.25) is 4.79 Å². The molecule has 0 saturated heterocycles. The molecule has 0 bridgehead atoms. The van der Waals surface area contributed by atoms with Crippen molar-refractivity contribution in [3.8, 4) is 10.4 Å². The summed E-state index contributed by atoms with van der Waals surface area (Å²) in [5.74, 6) is -0.172. The van der Waals surface area contributed by atoms with Gasteiger partial charge in [-0.2, -0.15) is 0 Å². The summed E-state index contributed by atoms with van der Waals surface area (Å²) in [4.78, 5) is 15.0. The Kier molecular flexibility index (Phi) is 6.28. The van der Waals surface area contributed by atoms with Crippen molar-refractivity contribution in [1.82, 2.24) is 0 Å². The summed E-state index contributed by atoms with van der Waals surface area (Å²) in [5, 5.41) is 6.40. The molecule has 5 heteroatoms. The maximum atomic E-state index is 12.5. The zero-order valence-corrected chi connectivity index (χ0v) is 19.3. The third-order valence-electron chi connectivity index (χ3n) is 5.70. The Bertz CT molecular complexity index is 1240. The molecular weight excluding hydrogens is 414 g/mol. The number of thiophene rings is 1. The van der Waals surface area contributed by atoms with Gasteiger partial charge in [0.05, 0.1) is 11.4 Å². The number of benzene rings is 3. The molecule has 162 valence electrons. The zero-order valence-electron chi connectivity index (χ0n) is 18.5. The maximum Gasteiger partial charge on any atom is 0.255 e. The number of hydrogen-bond acceptors (Lipinski definition) is 4. The third kappa shape index (κ3) is 4.84. The van der Waals surface area contributed by atoms with Crippen molar-refractivity contribution < 1.29 is 4.79 Å². The Morgan fingerprint density at radius 2 is 1.59 bits per heavy atom. The molecule has 4 N–H and O–H groups in total. The fraction of sp³-hybridized carbons (Fsp3) is 0.148. The molecule has 0 aliphatic rings. The highest BCUT2D eigenvalue weighted by Gasteiger charge is 2.09. The van der Waals surface area contributed by atoms with Crippen molar-refractivity contribution in [2.24, 2.45) is 0 Å². The summed E-state index contributed by atoms with van der Waals surface area (Å²) < 4.78 is 0. The molecule has 0 fully saturated rings. The zero-order chi connectivity index (χ0) is 22.7. The number of amides is 1. The fourth-order valence-corrected chi connectivity index (χ4v) is 4.50. The smallest absolute Gasteiger partial charge is 0.255 e. The molecule has 1 aromatic heterocycles. The maximum absolute atomic E-state index is 12.5. The quantitative estimate of drug-likeness (QED) is 0.289. The van der Waals surface area contributed by atoms with Gasteiger partial charge in [0, 0.05) is 27.5 Å². The van der Waals surface area contributed by atoms with E-state index in [1.54, 1.807) is 23.5 Å². The molecule has 0 aliphatic heterocycles. The molecule has 1 amide bonds. The van der Waals surface area contributed by atoms with E-state index in [9.17, 15) is 4.79 Å². The second-order valence-electron chi connectivity index (χ2n) is 7.97. The number of nitrogens with one attached hydrogen (secondary N) is 2. The average Bonchev–Trinajstić information content (AvgIpc) is 3.26. The minimum atomic E-state index is -0.172. The Morgan fingerprint density at radius 1 is 0.906 bits per heavy atom. The predicted octanol–water partition coefficient (Wildman–Crippen LogP) is 6.79. The number of hydrogen-bond donors (Lipinski definition) is 3. The molecule has 4 nitrogen and oxygen atoms in total. The van der Waals surface area contributed by atoms with Crippen molar-refractivity contribution in [3.63, 3.8) is 0 Å². The molecule has 3 aromatic carbocycles. The van der Waals surface area contributed by atoms with E-state index < -0.39 is 0 Å². The van der Waals surface area contributed by atoms with E-state index >= 15 is 0 Å². The summed E-state index contributed by atoms with van der Waals surface area (Å²) in [6, 6.07) is 23.6. The molecule has 0 radical (unpaired) electrons. The van der Waals surface area contributed by atoms with Gasteiger partial charge in [0.15, 0.2) is 0 Å². The van der Waals surface area contributed by atoms with Crippen LogP contribution in [0.5, 0.6) is 0 Å². The van der Waals surface area contributed by atoms with Crippen molar-refractivity contribution in [2.75, 3.05) is 16.4 Å². The van der Waals surface area contributed by atoms with Crippen LogP contribution in [0.25, 0.3) is 10.4 Å². The van der Waals surface area contributed by atoms with Crippen LogP contribution in [0.4, 0.5) is 17.1 Å². The Hall–Kier alpha value is -3.57. The summed E-state index contributed by atoms with van der Waals surface area (Å²) in [7, 11) is 0. The second kappa shape index (κ2) is 9.28. The Morgan fingerprint density at radius 3 is 2.28 bits per heavy atom. The first-order valence-electron chi connectivity index (χ1n) is 10.6. The predicted molar refractivity (Wildman–Crippen MR) is 137 cm³/mol. The van der Waals surface area contributed by atoms with Crippen molar-refractivity contribution >= 4 is 34.3 Å². The van der Waals surface area contributed by atoms with E-state index in [4.69, 9.17) is 5.73 Å². The monoisotopic (exact) mass is 441 g/mol. The first-order valence-corrected chi connectivity index (χ1v) is 11.4. The van der Waals surface area contributed by atoms with E-state index in [1.807, 2.05) is 36.4 Å². The lowest BCUT2D eigenvalue weighted by atomic mass is 10.0. The lowest BCUT2D eigenvalue weighted by Crippen LogP contribution is -2.12. The lowest BCUT2D eigenvalue weighted by Gasteiger charge is -2.10. The molecular formula is C27H27N3OS. The number of aryl methyl sites for hydroxylation is 2. The molecule has 1 heterocycles. The molecule has 0 unspecified atom stereocenters. The highest BCUT2D eigenvalue weighted by Crippen LogP contribution is 2.29. The van der Waals surface area contributed by atoms with Crippen LogP contribution in [0, 0.1) is 20.8 Å². The standard InChI is InChI=1S/C27H27N3OS/c1-17-14-22(15-18(2)19(17)3)29-16-23-12-13-26(32-23)20-8-10-21(11-9-20)27(31)30-25-7-5-4-6-24(25)28/h4-15,29H,16,28H2,1-3H3,(H,30,31). The highest BCUT2D eigenvalue weighted by molar-refractivity contribution is 7.15. The van der Waals surface area contributed by atoms with Crippen molar-refractivity contribution in [3.05, 3.63) is 99.9 Å². The second-order valence-corrected chi connectivity index (χ2v) is 9.14. The normalized spacial score (nSPS) is 10.7. The van der Waals surface area contributed by atoms with Crippen LogP contribution in [0.3, 0.4) is 0 Å². The first-order chi connectivity index (χ1) is 15.4. The van der Waals surface area contributed by atoms with Crippen molar-refractivity contribution in [1.29, 1.82) is 0 Å². The van der Waals surface area contributed by atoms with Crippen LogP contribution in [0.15, 0.2) is 72.8 Å². The van der Waals surface area contributed by atoms with Gasteiger partial charge in [0.25, 0.3) is 5.91 Å². The highest BCUT2D eigenvalue weighted by atomic mass is 32.1. The summed E-state index contributed by atoms with van der Waals surface area (Å²) in [6.45, 7) is 7.24. The van der Waals surface area contributed by atoms with E-state index in [1.165, 1.54) is 26.4 Å². The molecule has 4 rings (SSSR count). The number of carbonyl (C=O) groups excluding carboxylic acids is 1. The van der Waals surface area contributed by atoms with Crippen LogP contribution in [0.1, 0.15) is 31.9 Å². The molecule has 0 atom stereocenters. The van der Waals surface area contributed by atoms with Crippen LogP contribution in [-0.2, 0) is 6.54 Å². The molecule has 0 saturated carbocycles. The van der Waals surface area contributed by atoms with E-state index in [-0.39, 0.29) is 5.91 Å². The minimum Gasteiger partial charge on any atom is -0.397 e. The van der Waals surface area contributed by atoms with E-state index in [2.05, 4.69) is 55.7 Å². The van der Waals surface area contributed by atoms with Gasteiger partial charge < -0.3 is 16.4 Å². The van der Waals surface area contributed by atoms with Crippen molar-refractivity contribution in [2.45, 2.75) is 27.3 Å². The molecule has 32 heavy (non-hydrogen) atoms. The van der Waals surface area contributed by atoms with Gasteiger partial charge in [-0.05, 0) is 91.6 Å².